The summed E-state index contributed by atoms with van der Waals surface area (Å²) < 4.78 is 57.3. The van der Waals surface area contributed by atoms with E-state index in [0.717, 1.165) is 6.07 Å². The van der Waals surface area contributed by atoms with Crippen molar-refractivity contribution in [2.75, 3.05) is 29.9 Å². The Labute approximate surface area is 266 Å². The zero-order chi connectivity index (χ0) is 33.1. The van der Waals surface area contributed by atoms with Gasteiger partial charge >= 0.3 is 12.3 Å². The Kier molecular flexibility index (Phi) is 9.46. The number of ether oxygens (including phenoxy) is 2. The molecule has 12 nitrogen and oxygen atoms in total. The molecule has 46 heavy (non-hydrogen) atoms. The Morgan fingerprint density at radius 2 is 1.93 bits per heavy atom. The largest absolute Gasteiger partial charge is 0.444 e. The first-order chi connectivity index (χ1) is 21.8. The first-order valence-corrected chi connectivity index (χ1v) is 15.3. The highest BCUT2D eigenvalue weighted by molar-refractivity contribution is 7.13. The number of nitrogens with one attached hydrogen (secondary N) is 2. The van der Waals surface area contributed by atoms with Gasteiger partial charge in [-0.1, -0.05) is 0 Å². The van der Waals surface area contributed by atoms with E-state index in [1.165, 1.54) is 45.9 Å². The number of benzene rings is 1. The van der Waals surface area contributed by atoms with E-state index in [1.54, 1.807) is 45.0 Å². The maximum atomic E-state index is 15.0. The van der Waals surface area contributed by atoms with Gasteiger partial charge in [-0.25, -0.2) is 9.78 Å². The molecule has 1 aliphatic rings. The second kappa shape index (κ2) is 13.3. The molecule has 5 rings (SSSR count). The predicted molar refractivity (Wildman–Crippen MR) is 165 cm³/mol. The van der Waals surface area contributed by atoms with Crippen LogP contribution in [-0.2, 0) is 18.0 Å². The average molecular weight is 659 g/mol. The number of alkyl carbamates (subject to hydrolysis) is 1. The van der Waals surface area contributed by atoms with Gasteiger partial charge in [-0.05, 0) is 57.7 Å². The van der Waals surface area contributed by atoms with Crippen molar-refractivity contribution in [2.24, 2.45) is 13.0 Å². The van der Waals surface area contributed by atoms with Gasteiger partial charge in [0, 0.05) is 49.9 Å². The number of halogens is 3. The summed E-state index contributed by atoms with van der Waals surface area (Å²) in [4.78, 5) is 31.6. The van der Waals surface area contributed by atoms with Crippen LogP contribution in [0.5, 0.6) is 11.6 Å². The van der Waals surface area contributed by atoms with Crippen molar-refractivity contribution in [2.45, 2.75) is 45.4 Å². The molecule has 1 aromatic carbocycles. The van der Waals surface area contributed by atoms with E-state index in [-0.39, 0.29) is 48.5 Å². The number of rotatable bonds is 8. The van der Waals surface area contributed by atoms with Crippen LogP contribution >= 0.6 is 11.3 Å². The third-order valence-corrected chi connectivity index (χ3v) is 7.80. The van der Waals surface area contributed by atoms with Crippen molar-refractivity contribution in [3.8, 4) is 22.2 Å². The Balaban J connectivity index is 1.48. The van der Waals surface area contributed by atoms with E-state index in [0.29, 0.717) is 23.4 Å². The summed E-state index contributed by atoms with van der Waals surface area (Å²) in [6, 6.07) is 5.68. The van der Waals surface area contributed by atoms with Crippen molar-refractivity contribution in [1.29, 1.82) is 0 Å². The molecule has 16 heteroatoms. The lowest BCUT2D eigenvalue weighted by Crippen LogP contribution is -2.43. The minimum atomic E-state index is -4.87. The van der Waals surface area contributed by atoms with Crippen molar-refractivity contribution in [3.63, 3.8) is 0 Å². The molecule has 2 N–H and O–H groups in total. The molecule has 1 saturated heterocycles. The summed E-state index contributed by atoms with van der Waals surface area (Å²) in [5.74, 6) is -1.36. The van der Waals surface area contributed by atoms with Crippen molar-refractivity contribution in [3.05, 3.63) is 59.5 Å². The molecule has 0 aliphatic carbocycles. The molecule has 0 radical (unpaired) electrons. The zero-order valence-electron chi connectivity index (χ0n) is 25.6. The minimum Gasteiger partial charge on any atom is -0.444 e. The first kappa shape index (κ1) is 32.7. The van der Waals surface area contributed by atoms with Crippen LogP contribution < -0.4 is 20.3 Å². The standard InChI is InChI=1S/C30H33F3N8O4S/c1-29(2,3)45-28(43)34-14-18-6-5-12-41(16-18)25-20(37-26(42)21-17-46-27(38-21)19-9-11-35-36-15-19)7-8-22(24(25)30(31,32)33)44-23-10-13-40(4)39-23/h7-11,13,15,17-18H,5-6,12,14,16H2,1-4H3,(H,34,43)(H,37,42)/t18-/m0/s1. The molecule has 1 fully saturated rings. The van der Waals surface area contributed by atoms with Crippen LogP contribution in [0.15, 0.2) is 48.2 Å². The fourth-order valence-corrected chi connectivity index (χ4v) is 5.80. The normalized spacial score (nSPS) is 15.4. The van der Waals surface area contributed by atoms with Gasteiger partial charge in [0.05, 0.1) is 23.8 Å². The maximum absolute atomic E-state index is 15.0. The van der Waals surface area contributed by atoms with E-state index in [1.807, 2.05) is 0 Å². The van der Waals surface area contributed by atoms with Gasteiger partial charge in [-0.2, -0.15) is 23.4 Å². The zero-order valence-corrected chi connectivity index (χ0v) is 26.4. The van der Waals surface area contributed by atoms with Gasteiger partial charge in [-0.15, -0.1) is 16.4 Å². The van der Waals surface area contributed by atoms with Crippen LogP contribution in [-0.4, -0.2) is 62.2 Å². The van der Waals surface area contributed by atoms with Gasteiger partial charge in [-0.3, -0.25) is 9.48 Å². The van der Waals surface area contributed by atoms with Crippen LogP contribution in [0.1, 0.15) is 49.7 Å². The molecule has 1 atom stereocenters. The number of carbonyl (C=O) groups excluding carboxylic acids is 2. The lowest BCUT2D eigenvalue weighted by atomic mass is 9.96. The fourth-order valence-electron chi connectivity index (χ4n) is 5.01. The maximum Gasteiger partial charge on any atom is 0.422 e. The number of carbonyl (C=O) groups is 2. The molecular formula is C30H33F3N8O4S. The summed E-state index contributed by atoms with van der Waals surface area (Å²) in [6.07, 6.45) is 0.282. The van der Waals surface area contributed by atoms with Crippen molar-refractivity contribution in [1.82, 2.24) is 30.3 Å². The van der Waals surface area contributed by atoms with E-state index < -0.39 is 35.1 Å². The van der Waals surface area contributed by atoms with Gasteiger partial charge < -0.3 is 25.0 Å². The number of hydrogen-bond acceptors (Lipinski definition) is 10. The number of aryl methyl sites for hydroxylation is 1. The molecular weight excluding hydrogens is 625 g/mol. The molecule has 0 saturated carbocycles. The number of aromatic nitrogens is 5. The number of nitrogens with zero attached hydrogens (tertiary/aromatic N) is 6. The second-order valence-electron chi connectivity index (χ2n) is 11.7. The van der Waals surface area contributed by atoms with E-state index in [4.69, 9.17) is 9.47 Å². The Morgan fingerprint density at radius 3 is 2.61 bits per heavy atom. The summed E-state index contributed by atoms with van der Waals surface area (Å²) in [7, 11) is 1.62. The summed E-state index contributed by atoms with van der Waals surface area (Å²) in [5.41, 5.74) is -1.38. The number of anilines is 2. The third-order valence-electron chi connectivity index (χ3n) is 6.91. The minimum absolute atomic E-state index is 0.0191. The van der Waals surface area contributed by atoms with Crippen LogP contribution in [0.3, 0.4) is 0 Å². The second-order valence-corrected chi connectivity index (χ2v) is 12.6. The molecule has 3 aromatic heterocycles. The summed E-state index contributed by atoms with van der Waals surface area (Å²) in [6.45, 7) is 5.87. The monoisotopic (exact) mass is 658 g/mol. The van der Waals surface area contributed by atoms with E-state index in [2.05, 4.69) is 30.9 Å². The number of thiazole rings is 1. The van der Waals surface area contributed by atoms with Crippen LogP contribution in [0.4, 0.5) is 29.3 Å². The summed E-state index contributed by atoms with van der Waals surface area (Å²) in [5, 5.41) is 19.0. The molecule has 4 heterocycles. The summed E-state index contributed by atoms with van der Waals surface area (Å²) >= 11 is 1.19. The molecule has 0 unspecified atom stereocenters. The van der Waals surface area contributed by atoms with Gasteiger partial charge in [0.2, 0.25) is 5.88 Å². The number of piperidine rings is 1. The highest BCUT2D eigenvalue weighted by Crippen LogP contribution is 2.48. The van der Waals surface area contributed by atoms with Crippen LogP contribution in [0.25, 0.3) is 10.6 Å². The van der Waals surface area contributed by atoms with Crippen LogP contribution in [0.2, 0.25) is 0 Å². The Hall–Kier alpha value is -4.73. The Bertz CT molecular complexity index is 1690. The lowest BCUT2D eigenvalue weighted by molar-refractivity contribution is -0.138. The predicted octanol–water partition coefficient (Wildman–Crippen LogP) is 6.14. The number of alkyl halides is 3. The quantitative estimate of drug-likeness (QED) is 0.229. The highest BCUT2D eigenvalue weighted by Gasteiger charge is 2.41. The van der Waals surface area contributed by atoms with E-state index >= 15 is 0 Å². The molecule has 0 bridgehead atoms. The average Bonchev–Trinajstić information content (AvgIpc) is 3.65. The van der Waals surface area contributed by atoms with Gasteiger partial charge in [0.1, 0.15) is 27.6 Å². The van der Waals surface area contributed by atoms with Crippen molar-refractivity contribution < 1.29 is 32.2 Å². The van der Waals surface area contributed by atoms with E-state index in [9.17, 15) is 22.8 Å². The first-order valence-electron chi connectivity index (χ1n) is 14.4. The Morgan fingerprint density at radius 1 is 1.13 bits per heavy atom. The third kappa shape index (κ3) is 8.10. The van der Waals surface area contributed by atoms with Crippen LogP contribution in [0, 0.1) is 5.92 Å². The number of amides is 2. The van der Waals surface area contributed by atoms with Crippen molar-refractivity contribution >= 4 is 34.7 Å². The molecule has 2 amide bonds. The molecule has 1 aliphatic heterocycles. The fraction of sp³-hybridized carbons (Fsp3) is 0.400. The number of hydrogen-bond donors (Lipinski definition) is 2. The lowest BCUT2D eigenvalue weighted by Gasteiger charge is -2.37. The van der Waals surface area contributed by atoms with Gasteiger partial charge in [0.25, 0.3) is 5.91 Å². The smallest absolute Gasteiger partial charge is 0.422 e. The molecule has 0 spiro atoms. The SMILES string of the molecule is Cn1ccc(Oc2ccc(NC(=O)c3csc(-c4ccnnc4)n3)c(N3CCC[C@@H](CNC(=O)OC(C)(C)C)C3)c2C(F)(F)F)n1. The highest BCUT2D eigenvalue weighted by atomic mass is 32.1. The molecule has 4 aromatic rings. The van der Waals surface area contributed by atoms with Gasteiger partial charge in [0.15, 0.2) is 0 Å². The topological polar surface area (TPSA) is 136 Å². The molecule has 244 valence electrons.